The first-order chi connectivity index (χ1) is 11.5. The summed E-state index contributed by atoms with van der Waals surface area (Å²) in [4.78, 5) is 21.0. The van der Waals surface area contributed by atoms with Gasteiger partial charge >= 0.3 is 0 Å². The Hall–Kier alpha value is -2.60. The summed E-state index contributed by atoms with van der Waals surface area (Å²) in [6, 6.07) is 9.15. The molecule has 6 nitrogen and oxygen atoms in total. The van der Waals surface area contributed by atoms with Gasteiger partial charge in [-0.1, -0.05) is 23.7 Å². The molecule has 3 rings (SSSR count). The second-order valence-corrected chi connectivity index (χ2v) is 5.90. The van der Waals surface area contributed by atoms with E-state index in [9.17, 15) is 4.79 Å². The second kappa shape index (κ2) is 6.49. The van der Waals surface area contributed by atoms with Gasteiger partial charge in [-0.2, -0.15) is 0 Å². The lowest BCUT2D eigenvalue weighted by molar-refractivity contribution is 0.0937. The van der Waals surface area contributed by atoms with Crippen LogP contribution in [-0.4, -0.2) is 20.4 Å². The summed E-state index contributed by atoms with van der Waals surface area (Å²) in [6.45, 7) is 4.72. The van der Waals surface area contributed by atoms with E-state index in [0.717, 1.165) is 23.4 Å². The number of nitrogen functional groups attached to an aromatic ring is 1. The van der Waals surface area contributed by atoms with Crippen LogP contribution >= 0.6 is 11.6 Å². The van der Waals surface area contributed by atoms with Crippen molar-refractivity contribution in [1.29, 1.82) is 0 Å². The van der Waals surface area contributed by atoms with Crippen LogP contribution in [0.3, 0.4) is 0 Å². The van der Waals surface area contributed by atoms with E-state index in [2.05, 4.69) is 26.8 Å². The minimum Gasteiger partial charge on any atom is -0.382 e. The van der Waals surface area contributed by atoms with Crippen molar-refractivity contribution >= 4 is 34.4 Å². The van der Waals surface area contributed by atoms with Gasteiger partial charge in [0, 0.05) is 12.7 Å². The Bertz CT molecular complexity index is 905. The van der Waals surface area contributed by atoms with E-state index in [-0.39, 0.29) is 22.8 Å². The maximum atomic E-state index is 12.4. The predicted octanol–water partition coefficient (Wildman–Crippen LogP) is 3.18. The zero-order valence-corrected chi connectivity index (χ0v) is 14.2. The number of nitrogens with zero attached hydrogens (tertiary/aromatic N) is 3. The van der Waals surface area contributed by atoms with E-state index >= 15 is 0 Å². The molecule has 1 atom stereocenters. The molecule has 0 unspecified atom stereocenters. The molecule has 0 saturated heterocycles. The Balaban J connectivity index is 1.88. The van der Waals surface area contributed by atoms with Crippen LogP contribution in [0.4, 0.5) is 5.82 Å². The number of benzene rings is 1. The number of carbonyl (C=O) groups is 1. The van der Waals surface area contributed by atoms with Gasteiger partial charge in [0.05, 0.1) is 27.7 Å². The number of rotatable bonds is 4. The smallest absolute Gasteiger partial charge is 0.253 e. The average Bonchev–Trinajstić information content (AvgIpc) is 2.96. The second-order valence-electron chi connectivity index (χ2n) is 5.49. The van der Waals surface area contributed by atoms with Gasteiger partial charge in [-0.15, -0.1) is 0 Å². The molecule has 2 aromatic heterocycles. The lowest BCUT2D eigenvalue weighted by Crippen LogP contribution is -2.28. The first kappa shape index (κ1) is 16.3. The third-order valence-corrected chi connectivity index (χ3v) is 4.17. The number of halogens is 1. The number of hydrogen-bond donors (Lipinski definition) is 2. The summed E-state index contributed by atoms with van der Waals surface area (Å²) >= 11 is 5.93. The molecule has 24 heavy (non-hydrogen) atoms. The fourth-order valence-corrected chi connectivity index (χ4v) is 2.84. The van der Waals surface area contributed by atoms with E-state index in [0.29, 0.717) is 5.56 Å². The maximum Gasteiger partial charge on any atom is 0.253 e. The van der Waals surface area contributed by atoms with Crippen molar-refractivity contribution < 1.29 is 4.79 Å². The number of aryl methyl sites for hydroxylation is 1. The number of hydrogen-bond acceptors (Lipinski definition) is 4. The molecule has 0 spiro atoms. The van der Waals surface area contributed by atoms with E-state index in [1.54, 1.807) is 0 Å². The highest BCUT2D eigenvalue weighted by Crippen LogP contribution is 2.22. The molecule has 0 bridgehead atoms. The number of para-hydroxylation sites is 2. The molecule has 0 fully saturated rings. The van der Waals surface area contributed by atoms with Crippen LogP contribution in [0, 0.1) is 0 Å². The minimum absolute atomic E-state index is 0.203. The number of fused-ring (bicyclic) bond motifs is 1. The van der Waals surface area contributed by atoms with Gasteiger partial charge in [-0.05, 0) is 32.0 Å². The standard InChI is InChI=1S/C17H18ClN5O/c1-3-23-14-7-5-4-6-13(14)22-16(23)10(2)21-17(24)11-8-12(18)15(19)20-9-11/h4-10H,3H2,1-2H3,(H2,19,20)(H,21,24)/t10-/m0/s1. The molecule has 0 radical (unpaired) electrons. The molecule has 3 N–H and O–H groups in total. The van der Waals surface area contributed by atoms with Crippen LogP contribution in [0.15, 0.2) is 36.5 Å². The normalized spacial score (nSPS) is 12.3. The lowest BCUT2D eigenvalue weighted by Gasteiger charge is -2.15. The highest BCUT2D eigenvalue weighted by atomic mass is 35.5. The van der Waals surface area contributed by atoms with Crippen molar-refractivity contribution in [2.75, 3.05) is 5.73 Å². The molecular formula is C17H18ClN5O. The van der Waals surface area contributed by atoms with Crippen molar-refractivity contribution in [1.82, 2.24) is 19.9 Å². The summed E-state index contributed by atoms with van der Waals surface area (Å²) in [7, 11) is 0. The number of amides is 1. The molecule has 0 aliphatic heterocycles. The van der Waals surface area contributed by atoms with Crippen LogP contribution in [0.1, 0.15) is 36.1 Å². The third kappa shape index (κ3) is 2.92. The van der Waals surface area contributed by atoms with Crippen LogP contribution in [0.2, 0.25) is 5.02 Å². The van der Waals surface area contributed by atoms with Crippen molar-refractivity contribution in [3.63, 3.8) is 0 Å². The van der Waals surface area contributed by atoms with Crippen LogP contribution < -0.4 is 11.1 Å². The Morgan fingerprint density at radius 1 is 1.42 bits per heavy atom. The minimum atomic E-state index is -0.272. The Morgan fingerprint density at radius 3 is 2.88 bits per heavy atom. The van der Waals surface area contributed by atoms with E-state index in [4.69, 9.17) is 17.3 Å². The SMILES string of the molecule is CCn1c([C@H](C)NC(=O)c2cnc(N)c(Cl)c2)nc2ccccc21. The Labute approximate surface area is 144 Å². The highest BCUT2D eigenvalue weighted by Gasteiger charge is 2.18. The van der Waals surface area contributed by atoms with Gasteiger partial charge in [0.15, 0.2) is 0 Å². The average molecular weight is 344 g/mol. The number of nitrogens with one attached hydrogen (secondary N) is 1. The number of pyridine rings is 1. The van der Waals surface area contributed by atoms with Gasteiger partial charge in [-0.25, -0.2) is 9.97 Å². The zero-order valence-electron chi connectivity index (χ0n) is 13.5. The van der Waals surface area contributed by atoms with Gasteiger partial charge in [0.25, 0.3) is 5.91 Å². The third-order valence-electron chi connectivity index (χ3n) is 3.87. The molecule has 0 aliphatic carbocycles. The number of anilines is 1. The van der Waals surface area contributed by atoms with Gasteiger partial charge < -0.3 is 15.6 Å². The predicted molar refractivity (Wildman–Crippen MR) is 94.9 cm³/mol. The maximum absolute atomic E-state index is 12.4. The van der Waals surface area contributed by atoms with Crippen LogP contribution in [0.5, 0.6) is 0 Å². The summed E-state index contributed by atoms with van der Waals surface area (Å²) in [5.74, 6) is 0.738. The number of carbonyl (C=O) groups excluding carboxylic acids is 1. The van der Waals surface area contributed by atoms with Crippen LogP contribution in [0.25, 0.3) is 11.0 Å². The van der Waals surface area contributed by atoms with Crippen molar-refractivity contribution in [2.24, 2.45) is 0 Å². The number of imidazole rings is 1. The highest BCUT2D eigenvalue weighted by molar-refractivity contribution is 6.33. The molecule has 1 aromatic carbocycles. The lowest BCUT2D eigenvalue weighted by atomic mass is 10.2. The fourth-order valence-electron chi connectivity index (χ4n) is 2.67. The summed E-state index contributed by atoms with van der Waals surface area (Å²) in [5, 5.41) is 3.19. The van der Waals surface area contributed by atoms with Gasteiger partial charge in [-0.3, -0.25) is 4.79 Å². The number of nitrogens with two attached hydrogens (primary N) is 1. The molecule has 2 heterocycles. The Morgan fingerprint density at radius 2 is 2.17 bits per heavy atom. The largest absolute Gasteiger partial charge is 0.382 e. The van der Waals surface area contributed by atoms with E-state index in [1.165, 1.54) is 12.3 Å². The summed E-state index contributed by atoms with van der Waals surface area (Å²) in [5.41, 5.74) is 7.89. The van der Waals surface area contributed by atoms with Gasteiger partial charge in [0.1, 0.15) is 11.6 Å². The monoisotopic (exact) mass is 343 g/mol. The quantitative estimate of drug-likeness (QED) is 0.761. The van der Waals surface area contributed by atoms with Gasteiger partial charge in [0.2, 0.25) is 0 Å². The molecule has 0 aliphatic rings. The van der Waals surface area contributed by atoms with Crippen molar-refractivity contribution in [2.45, 2.75) is 26.4 Å². The molecule has 124 valence electrons. The van der Waals surface area contributed by atoms with E-state index < -0.39 is 0 Å². The van der Waals surface area contributed by atoms with E-state index in [1.807, 2.05) is 31.2 Å². The molecule has 7 heteroatoms. The first-order valence-electron chi connectivity index (χ1n) is 7.68. The first-order valence-corrected chi connectivity index (χ1v) is 8.06. The van der Waals surface area contributed by atoms with Crippen molar-refractivity contribution in [3.8, 4) is 0 Å². The number of aromatic nitrogens is 3. The Kier molecular flexibility index (Phi) is 4.40. The topological polar surface area (TPSA) is 85.8 Å². The summed E-state index contributed by atoms with van der Waals surface area (Å²) < 4.78 is 2.09. The van der Waals surface area contributed by atoms with Crippen LogP contribution in [-0.2, 0) is 6.54 Å². The molecule has 3 aromatic rings. The zero-order chi connectivity index (χ0) is 17.3. The molecular weight excluding hydrogens is 326 g/mol. The molecule has 0 saturated carbocycles. The molecule has 1 amide bonds. The fraction of sp³-hybridized carbons (Fsp3) is 0.235. The summed E-state index contributed by atoms with van der Waals surface area (Å²) in [6.07, 6.45) is 1.41. The van der Waals surface area contributed by atoms with Crippen molar-refractivity contribution in [3.05, 3.63) is 52.9 Å².